The van der Waals surface area contributed by atoms with Crippen LogP contribution >= 0.6 is 0 Å². The molecule has 0 aliphatic carbocycles. The minimum Gasteiger partial charge on any atom is -0.427 e. The Hall–Kier alpha value is -3.53. The van der Waals surface area contributed by atoms with E-state index in [-0.39, 0.29) is 18.0 Å². The topological polar surface area (TPSA) is 132 Å². The minimum atomic E-state index is -0.990. The van der Waals surface area contributed by atoms with Crippen LogP contribution in [-0.4, -0.2) is 36.3 Å². The van der Waals surface area contributed by atoms with E-state index >= 15 is 0 Å². The molecular formula is C21H26N4O6. The third-order valence-corrected chi connectivity index (χ3v) is 4.36. The molecule has 0 radical (unpaired) electrons. The first-order valence-electron chi connectivity index (χ1n) is 9.84. The molecule has 0 aliphatic heterocycles. The Morgan fingerprint density at radius 3 is 2.35 bits per heavy atom. The van der Waals surface area contributed by atoms with Gasteiger partial charge in [0.1, 0.15) is 11.9 Å². The molecule has 2 aromatic carbocycles. The third kappa shape index (κ3) is 8.39. The molecule has 0 bridgehead atoms. The smallest absolute Gasteiger partial charge is 0.427 e. The Bertz CT molecular complexity index is 845. The predicted octanol–water partition coefficient (Wildman–Crippen LogP) is 3.61. The van der Waals surface area contributed by atoms with E-state index in [1.54, 1.807) is 0 Å². The van der Waals surface area contributed by atoms with E-state index in [2.05, 4.69) is 16.0 Å². The number of nitro benzene ring substituents is 1. The molecule has 2 aromatic rings. The van der Waals surface area contributed by atoms with Gasteiger partial charge in [-0.2, -0.15) is 0 Å². The first-order valence-corrected chi connectivity index (χ1v) is 9.84. The largest absolute Gasteiger partial charge is 0.514 e. The van der Waals surface area contributed by atoms with E-state index in [0.29, 0.717) is 18.9 Å². The molecule has 10 nitrogen and oxygen atoms in total. The van der Waals surface area contributed by atoms with Crippen LogP contribution in [-0.2, 0) is 11.2 Å². The number of carbonyl (C=O) groups excluding carboxylic acids is 1. The normalized spacial score (nSPS) is 12.6. The van der Waals surface area contributed by atoms with Gasteiger partial charge in [0.25, 0.3) is 5.69 Å². The number of hydrogen-bond acceptors (Lipinski definition) is 8. The van der Waals surface area contributed by atoms with Gasteiger partial charge in [-0.1, -0.05) is 44.2 Å². The van der Waals surface area contributed by atoms with Gasteiger partial charge in [-0.25, -0.2) is 4.79 Å². The summed E-state index contributed by atoms with van der Waals surface area (Å²) in [6, 6.07) is 13.9. The lowest BCUT2D eigenvalue weighted by Crippen LogP contribution is -2.48. The van der Waals surface area contributed by atoms with Crippen molar-refractivity contribution in [2.75, 3.05) is 13.1 Å². The molecule has 0 unspecified atom stereocenters. The van der Waals surface area contributed by atoms with Crippen molar-refractivity contribution in [2.45, 2.75) is 32.4 Å². The highest BCUT2D eigenvalue weighted by Crippen LogP contribution is 2.18. The lowest BCUT2D eigenvalue weighted by Gasteiger charge is -2.26. The van der Waals surface area contributed by atoms with Crippen LogP contribution in [0.15, 0.2) is 59.9 Å². The maximum Gasteiger partial charge on any atom is 0.514 e. The van der Waals surface area contributed by atoms with Crippen LogP contribution in [0.3, 0.4) is 0 Å². The summed E-state index contributed by atoms with van der Waals surface area (Å²) in [7, 11) is 0. The number of nitroso groups, excluding NO2 is 1. The van der Waals surface area contributed by atoms with Gasteiger partial charge in [0, 0.05) is 24.0 Å². The molecule has 2 rings (SSSR count). The molecule has 0 fully saturated rings. The van der Waals surface area contributed by atoms with Gasteiger partial charge >= 0.3 is 6.16 Å². The van der Waals surface area contributed by atoms with E-state index in [9.17, 15) is 19.8 Å². The number of carbonyl (C=O) groups is 1. The first kappa shape index (κ1) is 23.7. The van der Waals surface area contributed by atoms with Crippen LogP contribution in [0.25, 0.3) is 0 Å². The Kier molecular flexibility index (Phi) is 9.37. The fourth-order valence-corrected chi connectivity index (χ4v) is 2.86. The Morgan fingerprint density at radius 1 is 1.10 bits per heavy atom. The molecule has 0 aromatic heterocycles. The van der Waals surface area contributed by atoms with E-state index < -0.39 is 23.2 Å². The van der Waals surface area contributed by atoms with Crippen molar-refractivity contribution in [1.82, 2.24) is 10.7 Å². The van der Waals surface area contributed by atoms with E-state index in [1.807, 2.05) is 44.2 Å². The molecule has 0 heterocycles. The molecule has 0 saturated heterocycles. The summed E-state index contributed by atoms with van der Waals surface area (Å²) < 4.78 is 10.6. The van der Waals surface area contributed by atoms with Crippen LogP contribution < -0.4 is 15.5 Å². The van der Waals surface area contributed by atoms with Crippen LogP contribution in [0.5, 0.6) is 5.75 Å². The Morgan fingerprint density at radius 2 is 1.77 bits per heavy atom. The van der Waals surface area contributed by atoms with Crippen molar-refractivity contribution in [3.05, 3.63) is 75.2 Å². The standard InChI is InChI=1S/C21H26N4O6/c1-15(2)13-22-14-20(19(23-24-27)12-16-6-4-3-5-7-16)31-21(26)30-18-10-8-17(9-11-18)25(28)29/h3-11,15,19-20,22H,12-14H2,1-2H3,(H,23,27)/t19-,20+/m0/s1. The summed E-state index contributed by atoms with van der Waals surface area (Å²) >= 11 is 0. The predicted molar refractivity (Wildman–Crippen MR) is 115 cm³/mol. The van der Waals surface area contributed by atoms with E-state index in [0.717, 1.165) is 5.56 Å². The van der Waals surface area contributed by atoms with Crippen molar-refractivity contribution in [1.29, 1.82) is 0 Å². The molecule has 10 heteroatoms. The van der Waals surface area contributed by atoms with Gasteiger partial charge in [0.2, 0.25) is 0 Å². The number of hydrogen-bond donors (Lipinski definition) is 2. The SMILES string of the molecule is CC(C)CNC[C@@H](OC(=O)Oc1ccc([N+](=O)[O-])cc1)[C@H](Cc1ccccc1)NN=O. The summed E-state index contributed by atoms with van der Waals surface area (Å²) in [5.41, 5.74) is 3.29. The summed E-state index contributed by atoms with van der Waals surface area (Å²) in [5, 5.41) is 16.7. The second kappa shape index (κ2) is 12.2. The van der Waals surface area contributed by atoms with Crippen molar-refractivity contribution >= 4 is 11.8 Å². The van der Waals surface area contributed by atoms with Crippen molar-refractivity contribution in [3.63, 3.8) is 0 Å². The van der Waals surface area contributed by atoms with Gasteiger partial charge in [-0.05, 0) is 36.6 Å². The van der Waals surface area contributed by atoms with Gasteiger partial charge in [0.05, 0.1) is 11.0 Å². The monoisotopic (exact) mass is 430 g/mol. The maximum atomic E-state index is 12.4. The fraction of sp³-hybridized carbons (Fsp3) is 0.381. The molecule has 166 valence electrons. The Labute approximate surface area is 180 Å². The third-order valence-electron chi connectivity index (χ3n) is 4.36. The molecule has 2 N–H and O–H groups in total. The molecule has 0 aliphatic rings. The highest BCUT2D eigenvalue weighted by Gasteiger charge is 2.27. The van der Waals surface area contributed by atoms with Gasteiger partial charge in [-0.3, -0.25) is 15.5 Å². The molecular weight excluding hydrogens is 404 g/mol. The van der Waals surface area contributed by atoms with Crippen LogP contribution in [0, 0.1) is 20.9 Å². The first-order chi connectivity index (χ1) is 14.9. The number of non-ortho nitro benzene ring substituents is 1. The Balaban J connectivity index is 2.09. The lowest BCUT2D eigenvalue weighted by atomic mass is 10.0. The zero-order valence-corrected chi connectivity index (χ0v) is 17.4. The second-order valence-electron chi connectivity index (χ2n) is 7.33. The lowest BCUT2D eigenvalue weighted by molar-refractivity contribution is -0.384. The van der Waals surface area contributed by atoms with E-state index in [1.165, 1.54) is 24.3 Å². The summed E-state index contributed by atoms with van der Waals surface area (Å²) in [4.78, 5) is 33.5. The number of benzene rings is 2. The number of nitrogens with zero attached hydrogens (tertiary/aromatic N) is 2. The van der Waals surface area contributed by atoms with E-state index in [4.69, 9.17) is 9.47 Å². The molecule has 0 saturated carbocycles. The quantitative estimate of drug-likeness (QED) is 0.172. The second-order valence-corrected chi connectivity index (χ2v) is 7.33. The summed E-state index contributed by atoms with van der Waals surface area (Å²) in [5.74, 6) is 0.475. The van der Waals surface area contributed by atoms with Crippen molar-refractivity contribution < 1.29 is 19.2 Å². The number of nitro groups is 1. The maximum absolute atomic E-state index is 12.4. The highest BCUT2D eigenvalue weighted by atomic mass is 16.7. The number of ether oxygens (including phenoxy) is 2. The van der Waals surface area contributed by atoms with Gasteiger partial charge < -0.3 is 14.8 Å². The summed E-state index contributed by atoms with van der Waals surface area (Å²) in [6.45, 7) is 5.04. The zero-order chi connectivity index (χ0) is 22.6. The van der Waals surface area contributed by atoms with Gasteiger partial charge in [-0.15, -0.1) is 4.91 Å². The van der Waals surface area contributed by atoms with Crippen LogP contribution in [0.2, 0.25) is 0 Å². The summed E-state index contributed by atoms with van der Waals surface area (Å²) in [6.07, 6.45) is -1.36. The molecule has 0 spiro atoms. The van der Waals surface area contributed by atoms with Gasteiger partial charge in [0.15, 0.2) is 0 Å². The fourth-order valence-electron chi connectivity index (χ4n) is 2.86. The number of rotatable bonds is 12. The average Bonchev–Trinajstić information content (AvgIpc) is 2.73. The minimum absolute atomic E-state index is 0.102. The molecule has 0 amide bonds. The van der Waals surface area contributed by atoms with Crippen LogP contribution in [0.4, 0.5) is 10.5 Å². The average molecular weight is 430 g/mol. The van der Waals surface area contributed by atoms with Crippen molar-refractivity contribution in [3.8, 4) is 5.75 Å². The zero-order valence-electron chi connectivity index (χ0n) is 17.4. The number of nitrogens with one attached hydrogen (secondary N) is 2. The highest BCUT2D eigenvalue weighted by molar-refractivity contribution is 5.64. The van der Waals surface area contributed by atoms with Crippen LogP contribution in [0.1, 0.15) is 19.4 Å². The molecule has 31 heavy (non-hydrogen) atoms. The van der Waals surface area contributed by atoms with Crippen molar-refractivity contribution in [2.24, 2.45) is 11.2 Å². The molecule has 2 atom stereocenters.